The van der Waals surface area contributed by atoms with Gasteiger partial charge in [0.1, 0.15) is 5.82 Å². The average molecular weight is 555 g/mol. The fourth-order valence-corrected chi connectivity index (χ4v) is 4.67. The predicted molar refractivity (Wildman–Crippen MR) is 154 cm³/mol. The number of nitrogens with one attached hydrogen (secondary N) is 2. The highest BCUT2D eigenvalue weighted by Gasteiger charge is 2.34. The Kier molecular flexibility index (Phi) is 7.70. The van der Waals surface area contributed by atoms with Crippen LogP contribution in [0.25, 0.3) is 0 Å². The first kappa shape index (κ1) is 26.8. The second kappa shape index (κ2) is 11.5. The molecule has 1 atom stereocenters. The molecule has 7 nitrogen and oxygen atoms in total. The van der Waals surface area contributed by atoms with Gasteiger partial charge in [-0.15, -0.1) is 0 Å². The number of aliphatic imine (C=N–C) groups is 1. The first-order valence-corrected chi connectivity index (χ1v) is 12.8. The second-order valence-corrected chi connectivity index (χ2v) is 9.56. The van der Waals surface area contributed by atoms with Gasteiger partial charge >= 0.3 is 6.03 Å². The molecular weight excluding hydrogens is 531 g/mol. The van der Waals surface area contributed by atoms with Gasteiger partial charge in [-0.25, -0.2) is 14.2 Å². The number of nitrogens with zero attached hydrogens (tertiary/aromatic N) is 2. The number of rotatable bonds is 6. The number of benzene rings is 4. The first-order chi connectivity index (χ1) is 19.3. The van der Waals surface area contributed by atoms with Crippen molar-refractivity contribution in [3.8, 4) is 0 Å². The molecule has 0 saturated carbocycles. The lowest BCUT2D eigenvalue weighted by Crippen LogP contribution is -2.50. The lowest BCUT2D eigenvalue weighted by molar-refractivity contribution is -0.120. The molecule has 0 bridgehead atoms. The molecule has 0 saturated heterocycles. The molecule has 0 fully saturated rings. The highest BCUT2D eigenvalue weighted by molar-refractivity contribution is 6.31. The highest BCUT2D eigenvalue weighted by Crippen LogP contribution is 2.29. The third kappa shape index (κ3) is 5.62. The molecule has 1 aliphatic rings. The SMILES string of the molecule is Cc1ccccc1C(=O)CN1C(=O)C(NC(=O)Nc2ccc(F)c(Cl)c2)N=C(c2ccccc2)c2ccccc21. The summed E-state index contributed by atoms with van der Waals surface area (Å²) < 4.78 is 13.6. The zero-order valence-corrected chi connectivity index (χ0v) is 22.2. The standard InChI is InChI=1S/C31H24ClFN4O3/c1-19-9-5-6-12-22(19)27(38)18-37-26-14-8-7-13-23(26)28(20-10-3-2-4-11-20)35-29(30(37)39)36-31(40)34-21-15-16-25(33)24(32)17-21/h2-17,29H,18H2,1H3,(H2,34,36,40). The number of anilines is 2. The van der Waals surface area contributed by atoms with Gasteiger partial charge in [-0.1, -0.05) is 84.4 Å². The van der Waals surface area contributed by atoms with Gasteiger partial charge in [-0.2, -0.15) is 0 Å². The van der Waals surface area contributed by atoms with Crippen molar-refractivity contribution in [1.82, 2.24) is 5.32 Å². The third-order valence-electron chi connectivity index (χ3n) is 6.45. The van der Waals surface area contributed by atoms with Crippen LogP contribution >= 0.6 is 11.6 Å². The minimum atomic E-state index is -1.37. The number of Topliss-reactive ketones (excluding diaryl/α,β-unsaturated/α-hetero) is 1. The smallest absolute Gasteiger partial charge is 0.308 e. The van der Waals surface area contributed by atoms with E-state index in [1.807, 2.05) is 61.5 Å². The monoisotopic (exact) mass is 554 g/mol. The van der Waals surface area contributed by atoms with E-state index in [0.29, 0.717) is 22.5 Å². The van der Waals surface area contributed by atoms with Gasteiger partial charge in [-0.05, 0) is 36.8 Å². The van der Waals surface area contributed by atoms with Gasteiger partial charge in [0.25, 0.3) is 5.91 Å². The van der Waals surface area contributed by atoms with E-state index in [4.69, 9.17) is 11.6 Å². The number of fused-ring (bicyclic) bond motifs is 1. The number of carbonyl (C=O) groups is 3. The molecule has 1 heterocycles. The van der Waals surface area contributed by atoms with Crippen LogP contribution in [0.4, 0.5) is 20.6 Å². The summed E-state index contributed by atoms with van der Waals surface area (Å²) in [4.78, 5) is 46.4. The van der Waals surface area contributed by atoms with Crippen LogP contribution in [0.3, 0.4) is 0 Å². The second-order valence-electron chi connectivity index (χ2n) is 9.15. The first-order valence-electron chi connectivity index (χ1n) is 12.5. The summed E-state index contributed by atoms with van der Waals surface area (Å²) in [5.41, 5.74) is 3.85. The van der Waals surface area contributed by atoms with Crippen molar-refractivity contribution in [2.75, 3.05) is 16.8 Å². The molecular formula is C31H24ClFN4O3. The number of aryl methyl sites for hydroxylation is 1. The van der Waals surface area contributed by atoms with E-state index in [1.165, 1.54) is 17.0 Å². The summed E-state index contributed by atoms with van der Waals surface area (Å²) in [5, 5.41) is 5.00. The molecule has 0 aromatic heterocycles. The molecule has 200 valence electrons. The van der Waals surface area contributed by atoms with Gasteiger partial charge in [0.2, 0.25) is 6.17 Å². The largest absolute Gasteiger partial charge is 0.321 e. The van der Waals surface area contributed by atoms with E-state index in [0.717, 1.165) is 17.2 Å². The number of carbonyl (C=O) groups excluding carboxylic acids is 3. The molecule has 4 aromatic rings. The number of ketones is 1. The van der Waals surface area contributed by atoms with Crippen LogP contribution in [-0.2, 0) is 4.79 Å². The van der Waals surface area contributed by atoms with Crippen LogP contribution < -0.4 is 15.5 Å². The topological polar surface area (TPSA) is 90.9 Å². The quantitative estimate of drug-likeness (QED) is 0.286. The van der Waals surface area contributed by atoms with Crippen molar-refractivity contribution in [1.29, 1.82) is 0 Å². The summed E-state index contributed by atoms with van der Waals surface area (Å²) in [6, 6.07) is 26.6. The number of urea groups is 1. The van der Waals surface area contributed by atoms with Crippen LogP contribution in [0.15, 0.2) is 102 Å². The zero-order valence-electron chi connectivity index (χ0n) is 21.4. The predicted octanol–water partition coefficient (Wildman–Crippen LogP) is 6.00. The van der Waals surface area contributed by atoms with Crippen LogP contribution in [0, 0.1) is 12.7 Å². The molecule has 9 heteroatoms. The number of para-hydroxylation sites is 1. The summed E-state index contributed by atoms with van der Waals surface area (Å²) in [7, 11) is 0. The Morgan fingerprint density at radius 2 is 1.65 bits per heavy atom. The Balaban J connectivity index is 1.53. The Morgan fingerprint density at radius 3 is 2.40 bits per heavy atom. The van der Waals surface area contributed by atoms with E-state index in [-0.39, 0.29) is 23.0 Å². The molecule has 40 heavy (non-hydrogen) atoms. The van der Waals surface area contributed by atoms with Crippen molar-refractivity contribution in [3.05, 3.63) is 130 Å². The summed E-state index contributed by atoms with van der Waals surface area (Å²) in [5.74, 6) is -1.48. The average Bonchev–Trinajstić information content (AvgIpc) is 3.06. The Morgan fingerprint density at radius 1 is 0.950 bits per heavy atom. The number of hydrogen-bond donors (Lipinski definition) is 2. The van der Waals surface area contributed by atoms with Crippen molar-refractivity contribution < 1.29 is 18.8 Å². The lowest BCUT2D eigenvalue weighted by Gasteiger charge is -2.25. The Hall–Kier alpha value is -4.82. The minimum Gasteiger partial charge on any atom is -0.308 e. The maximum Gasteiger partial charge on any atom is 0.321 e. The van der Waals surface area contributed by atoms with Crippen molar-refractivity contribution in [2.45, 2.75) is 13.1 Å². The van der Waals surface area contributed by atoms with Gasteiger partial charge < -0.3 is 15.5 Å². The number of halogens is 2. The summed E-state index contributed by atoms with van der Waals surface area (Å²) in [6.07, 6.45) is -1.37. The van der Waals surface area contributed by atoms with E-state index in [1.54, 1.807) is 24.3 Å². The van der Waals surface area contributed by atoms with E-state index >= 15 is 0 Å². The van der Waals surface area contributed by atoms with Crippen molar-refractivity contribution >= 4 is 46.4 Å². The van der Waals surface area contributed by atoms with Gasteiger partial charge in [0, 0.05) is 22.4 Å². The molecule has 1 aliphatic heterocycles. The van der Waals surface area contributed by atoms with Crippen molar-refractivity contribution in [3.63, 3.8) is 0 Å². The fourth-order valence-electron chi connectivity index (χ4n) is 4.49. The maximum atomic E-state index is 14.0. The summed E-state index contributed by atoms with van der Waals surface area (Å²) >= 11 is 5.84. The molecule has 1 unspecified atom stereocenters. The summed E-state index contributed by atoms with van der Waals surface area (Å²) in [6.45, 7) is 1.57. The van der Waals surface area contributed by atoms with Gasteiger partial charge in [0.05, 0.1) is 23.0 Å². The van der Waals surface area contributed by atoms with E-state index in [9.17, 15) is 18.8 Å². The van der Waals surface area contributed by atoms with Crippen LogP contribution in [-0.4, -0.2) is 36.1 Å². The van der Waals surface area contributed by atoms with Crippen molar-refractivity contribution in [2.24, 2.45) is 4.99 Å². The third-order valence-corrected chi connectivity index (χ3v) is 6.74. The van der Waals surface area contributed by atoms with Gasteiger partial charge in [0.15, 0.2) is 5.78 Å². The number of amides is 3. The fraction of sp³-hybridized carbons (Fsp3) is 0.0968. The van der Waals surface area contributed by atoms with Gasteiger partial charge in [-0.3, -0.25) is 9.59 Å². The maximum absolute atomic E-state index is 14.0. The normalized spacial score (nSPS) is 14.6. The molecule has 3 amide bonds. The van der Waals surface area contributed by atoms with E-state index < -0.39 is 23.9 Å². The molecule has 4 aromatic carbocycles. The lowest BCUT2D eigenvalue weighted by atomic mass is 9.99. The van der Waals surface area contributed by atoms with Crippen LogP contribution in [0.2, 0.25) is 5.02 Å². The Bertz CT molecular complexity index is 1640. The molecule has 0 aliphatic carbocycles. The number of benzodiazepines with no additional fused rings is 1. The molecule has 5 rings (SSSR count). The van der Waals surface area contributed by atoms with Crippen LogP contribution in [0.1, 0.15) is 27.0 Å². The van der Waals surface area contributed by atoms with Crippen LogP contribution in [0.5, 0.6) is 0 Å². The minimum absolute atomic E-state index is 0.163. The Labute approximate surface area is 235 Å². The molecule has 2 N–H and O–H groups in total. The number of hydrogen-bond acceptors (Lipinski definition) is 4. The van der Waals surface area contributed by atoms with E-state index in [2.05, 4.69) is 15.6 Å². The molecule has 0 radical (unpaired) electrons. The highest BCUT2D eigenvalue weighted by atomic mass is 35.5. The zero-order chi connectivity index (χ0) is 28.2. The molecule has 0 spiro atoms.